The molecule has 1 nitrogen and oxygen atoms in total. The highest BCUT2D eigenvalue weighted by Gasteiger charge is 2.17. The van der Waals surface area contributed by atoms with E-state index >= 15 is 0 Å². The summed E-state index contributed by atoms with van der Waals surface area (Å²) in [5, 5.41) is 0. The van der Waals surface area contributed by atoms with Gasteiger partial charge in [0, 0.05) is 6.21 Å². The van der Waals surface area contributed by atoms with Gasteiger partial charge in [0.1, 0.15) is 0 Å². The van der Waals surface area contributed by atoms with E-state index in [4.69, 9.17) is 0 Å². The molecule has 0 saturated heterocycles. The zero-order chi connectivity index (χ0) is 10.0. The average Bonchev–Trinajstić information content (AvgIpc) is 2.02. The second-order valence-corrected chi connectivity index (χ2v) is 4.24. The van der Waals surface area contributed by atoms with Crippen molar-refractivity contribution in [2.45, 2.75) is 27.7 Å². The molecule has 1 aliphatic heterocycles. The fourth-order valence-electron chi connectivity index (χ4n) is 1.85. The third-order valence-electron chi connectivity index (χ3n) is 2.47. The van der Waals surface area contributed by atoms with Crippen molar-refractivity contribution in [1.82, 2.24) is 0 Å². The molecule has 72 valence electrons. The highest BCUT2D eigenvalue weighted by Crippen LogP contribution is 2.28. The molecule has 1 aliphatic rings. The van der Waals surface area contributed by atoms with Gasteiger partial charge in [-0.15, -0.1) is 0 Å². The predicted molar refractivity (Wildman–Crippen MR) is 59.2 cm³/mol. The molecular weight excluding hydrogens is 158 g/mol. The number of aliphatic imine (C=N–C) groups is 1. The van der Waals surface area contributed by atoms with E-state index in [1.54, 1.807) is 0 Å². The average molecular weight is 177 g/mol. The number of dihydropyridines is 1. The molecule has 0 spiro atoms. The van der Waals surface area contributed by atoms with Crippen molar-refractivity contribution < 1.29 is 0 Å². The summed E-state index contributed by atoms with van der Waals surface area (Å²) in [6.07, 6.45) is 1.90. The fourth-order valence-corrected chi connectivity index (χ4v) is 1.85. The van der Waals surface area contributed by atoms with Crippen molar-refractivity contribution in [2.24, 2.45) is 16.8 Å². The topological polar surface area (TPSA) is 12.4 Å². The van der Waals surface area contributed by atoms with Gasteiger partial charge < -0.3 is 0 Å². The Morgan fingerprint density at radius 2 is 1.85 bits per heavy atom. The Morgan fingerprint density at radius 3 is 2.23 bits per heavy atom. The molecule has 0 saturated carbocycles. The van der Waals surface area contributed by atoms with E-state index in [0.717, 1.165) is 12.1 Å². The van der Waals surface area contributed by atoms with Crippen molar-refractivity contribution in [3.63, 3.8) is 0 Å². The molecule has 0 aromatic heterocycles. The Balaban J connectivity index is 3.07. The maximum atomic E-state index is 4.31. The molecule has 0 N–H and O–H groups in total. The number of allylic oxidation sites excluding steroid dienone is 2. The molecule has 0 atom stereocenters. The van der Waals surface area contributed by atoms with E-state index in [0.29, 0.717) is 11.8 Å². The molecule has 13 heavy (non-hydrogen) atoms. The van der Waals surface area contributed by atoms with Crippen LogP contribution in [0.1, 0.15) is 27.7 Å². The number of hydrogen-bond acceptors (Lipinski definition) is 1. The van der Waals surface area contributed by atoms with Gasteiger partial charge >= 0.3 is 0 Å². The number of hydrogen-bond donors (Lipinski definition) is 0. The van der Waals surface area contributed by atoms with E-state index in [9.17, 15) is 0 Å². The smallest absolute Gasteiger partial charge is 0.0608 e. The Hall–Kier alpha value is -0.850. The van der Waals surface area contributed by atoms with Gasteiger partial charge in [0.25, 0.3) is 0 Å². The molecule has 0 radical (unpaired) electrons. The Kier molecular flexibility index (Phi) is 3.07. The quantitative estimate of drug-likeness (QED) is 0.614. The first-order valence-corrected chi connectivity index (χ1v) is 4.96. The van der Waals surface area contributed by atoms with Gasteiger partial charge in [0.15, 0.2) is 0 Å². The van der Waals surface area contributed by atoms with Crippen LogP contribution >= 0.6 is 0 Å². The molecule has 1 heteroatoms. The first kappa shape index (κ1) is 10.2. The van der Waals surface area contributed by atoms with Crippen LogP contribution < -0.4 is 0 Å². The molecule has 0 bridgehead atoms. The zero-order valence-corrected chi connectivity index (χ0v) is 9.09. The summed E-state index contributed by atoms with van der Waals surface area (Å²) in [6, 6.07) is 0. The summed E-state index contributed by atoms with van der Waals surface area (Å²) in [5.41, 5.74) is 3.98. The summed E-state index contributed by atoms with van der Waals surface area (Å²) < 4.78 is 0. The monoisotopic (exact) mass is 177 g/mol. The van der Waals surface area contributed by atoms with Gasteiger partial charge in [-0.3, -0.25) is 4.99 Å². The fraction of sp³-hybridized carbons (Fsp3) is 0.583. The van der Waals surface area contributed by atoms with Crippen molar-refractivity contribution in [2.75, 3.05) is 6.54 Å². The van der Waals surface area contributed by atoms with Crippen LogP contribution in [-0.2, 0) is 0 Å². The highest BCUT2D eigenvalue weighted by molar-refractivity contribution is 5.85. The van der Waals surface area contributed by atoms with Crippen LogP contribution in [0, 0.1) is 11.8 Å². The Labute approximate surface area is 81.3 Å². The molecule has 0 fully saturated rings. The van der Waals surface area contributed by atoms with Crippen LogP contribution in [0.3, 0.4) is 0 Å². The summed E-state index contributed by atoms with van der Waals surface area (Å²) in [4.78, 5) is 4.31. The Bertz CT molecular complexity index is 267. The standard InChI is InChI=1S/C12H19N/c1-8(2)11-7-13-6-10(5)12(11)9(3)4/h6,8-9H,5,7H2,1-4H3. The lowest BCUT2D eigenvalue weighted by atomic mass is 9.85. The third kappa shape index (κ3) is 2.09. The lowest BCUT2D eigenvalue weighted by Gasteiger charge is -2.23. The van der Waals surface area contributed by atoms with Gasteiger partial charge in [-0.1, -0.05) is 34.3 Å². The lowest BCUT2D eigenvalue weighted by Crippen LogP contribution is -2.13. The van der Waals surface area contributed by atoms with Crippen molar-refractivity contribution in [3.05, 3.63) is 23.3 Å². The summed E-state index contributed by atoms with van der Waals surface area (Å²) >= 11 is 0. The minimum atomic E-state index is 0.566. The van der Waals surface area contributed by atoms with Crippen molar-refractivity contribution in [1.29, 1.82) is 0 Å². The normalized spacial score (nSPS) is 17.8. The SMILES string of the molecule is C=C1C=NCC(C(C)C)=C1C(C)C. The number of rotatable bonds is 2. The molecule has 0 aromatic carbocycles. The number of nitrogens with zero attached hydrogens (tertiary/aromatic N) is 1. The molecule has 0 aliphatic carbocycles. The molecule has 1 heterocycles. The van der Waals surface area contributed by atoms with Gasteiger partial charge in [0.05, 0.1) is 6.54 Å². The summed E-state index contributed by atoms with van der Waals surface area (Å²) in [7, 11) is 0. The first-order valence-electron chi connectivity index (χ1n) is 4.96. The summed E-state index contributed by atoms with van der Waals surface area (Å²) in [6.45, 7) is 13.8. The van der Waals surface area contributed by atoms with Gasteiger partial charge in [-0.25, -0.2) is 0 Å². The van der Waals surface area contributed by atoms with Crippen LogP contribution in [0.5, 0.6) is 0 Å². The van der Waals surface area contributed by atoms with Crippen LogP contribution in [0.25, 0.3) is 0 Å². The molecule has 0 amide bonds. The minimum Gasteiger partial charge on any atom is -0.288 e. The van der Waals surface area contributed by atoms with E-state index in [2.05, 4.69) is 39.3 Å². The Morgan fingerprint density at radius 1 is 1.23 bits per heavy atom. The van der Waals surface area contributed by atoms with Crippen molar-refractivity contribution in [3.8, 4) is 0 Å². The largest absolute Gasteiger partial charge is 0.288 e. The van der Waals surface area contributed by atoms with Crippen LogP contribution in [0.15, 0.2) is 28.3 Å². The van der Waals surface area contributed by atoms with Crippen LogP contribution in [0.2, 0.25) is 0 Å². The first-order chi connectivity index (χ1) is 6.04. The molecule has 1 rings (SSSR count). The van der Waals surface area contributed by atoms with Crippen LogP contribution in [-0.4, -0.2) is 12.8 Å². The second kappa shape index (κ2) is 3.91. The third-order valence-corrected chi connectivity index (χ3v) is 2.47. The van der Waals surface area contributed by atoms with E-state index in [1.807, 2.05) is 6.21 Å². The van der Waals surface area contributed by atoms with Gasteiger partial charge in [-0.05, 0) is 28.6 Å². The van der Waals surface area contributed by atoms with E-state index in [-0.39, 0.29) is 0 Å². The van der Waals surface area contributed by atoms with Gasteiger partial charge in [-0.2, -0.15) is 0 Å². The van der Waals surface area contributed by atoms with Crippen molar-refractivity contribution >= 4 is 6.21 Å². The second-order valence-electron chi connectivity index (χ2n) is 4.24. The molecule has 0 aromatic rings. The van der Waals surface area contributed by atoms with E-state index in [1.165, 1.54) is 11.1 Å². The minimum absolute atomic E-state index is 0.566. The molecule has 0 unspecified atom stereocenters. The lowest BCUT2D eigenvalue weighted by molar-refractivity contribution is 0.683. The van der Waals surface area contributed by atoms with E-state index < -0.39 is 0 Å². The maximum Gasteiger partial charge on any atom is 0.0608 e. The summed E-state index contributed by atoms with van der Waals surface area (Å²) in [5.74, 6) is 1.16. The zero-order valence-electron chi connectivity index (χ0n) is 9.09. The highest BCUT2D eigenvalue weighted by atomic mass is 14.7. The molecular formula is C12H19N. The van der Waals surface area contributed by atoms with Gasteiger partial charge in [0.2, 0.25) is 0 Å². The van der Waals surface area contributed by atoms with Crippen LogP contribution in [0.4, 0.5) is 0 Å². The maximum absolute atomic E-state index is 4.31. The predicted octanol–water partition coefficient (Wildman–Crippen LogP) is 3.24.